The van der Waals surface area contributed by atoms with Gasteiger partial charge >= 0.3 is 0 Å². The molecule has 1 fully saturated rings. The average Bonchev–Trinajstić information content (AvgIpc) is 3.18. The SMILES string of the molecule is O=C(CCc1ccco1)N1CCC[C@@H](n2ccnc2)C1. The van der Waals surface area contributed by atoms with Gasteiger partial charge in [-0.3, -0.25) is 4.79 Å². The lowest BCUT2D eigenvalue weighted by molar-refractivity contribution is -0.132. The molecule has 0 bridgehead atoms. The van der Waals surface area contributed by atoms with Crippen LogP contribution >= 0.6 is 0 Å². The van der Waals surface area contributed by atoms with E-state index in [1.807, 2.05) is 29.6 Å². The Morgan fingerprint density at radius 3 is 3.20 bits per heavy atom. The van der Waals surface area contributed by atoms with Gasteiger partial charge in [-0.15, -0.1) is 0 Å². The fraction of sp³-hybridized carbons (Fsp3) is 0.467. The van der Waals surface area contributed by atoms with Crippen LogP contribution in [0, 0.1) is 0 Å². The fourth-order valence-corrected chi connectivity index (χ4v) is 2.75. The van der Waals surface area contributed by atoms with Crippen molar-refractivity contribution >= 4 is 5.91 Å². The van der Waals surface area contributed by atoms with Crippen molar-refractivity contribution < 1.29 is 9.21 Å². The Morgan fingerprint density at radius 1 is 1.50 bits per heavy atom. The molecular weight excluding hydrogens is 254 g/mol. The maximum Gasteiger partial charge on any atom is 0.223 e. The number of amides is 1. The summed E-state index contributed by atoms with van der Waals surface area (Å²) in [6, 6.07) is 4.13. The Hall–Kier alpha value is -2.04. The Morgan fingerprint density at radius 2 is 2.45 bits per heavy atom. The number of hydrogen-bond acceptors (Lipinski definition) is 3. The van der Waals surface area contributed by atoms with Gasteiger partial charge in [-0.1, -0.05) is 0 Å². The van der Waals surface area contributed by atoms with E-state index in [9.17, 15) is 4.79 Å². The van der Waals surface area contributed by atoms with Crippen LogP contribution in [0.25, 0.3) is 0 Å². The van der Waals surface area contributed by atoms with E-state index in [1.165, 1.54) is 0 Å². The molecule has 0 spiro atoms. The van der Waals surface area contributed by atoms with Crippen LogP contribution in [-0.4, -0.2) is 33.4 Å². The molecule has 1 aliphatic rings. The summed E-state index contributed by atoms with van der Waals surface area (Å²) in [6.07, 6.45) is 10.6. The smallest absolute Gasteiger partial charge is 0.223 e. The van der Waals surface area contributed by atoms with Gasteiger partial charge < -0.3 is 13.9 Å². The van der Waals surface area contributed by atoms with Crippen molar-refractivity contribution in [1.82, 2.24) is 14.5 Å². The highest BCUT2D eigenvalue weighted by Crippen LogP contribution is 2.21. The highest BCUT2D eigenvalue weighted by Gasteiger charge is 2.24. The van der Waals surface area contributed by atoms with Crippen molar-refractivity contribution in [1.29, 1.82) is 0 Å². The van der Waals surface area contributed by atoms with Crippen LogP contribution in [0.4, 0.5) is 0 Å². The number of nitrogens with zero attached hydrogens (tertiary/aromatic N) is 3. The van der Waals surface area contributed by atoms with Crippen LogP contribution in [0.1, 0.15) is 31.1 Å². The lowest BCUT2D eigenvalue weighted by Crippen LogP contribution is -2.40. The minimum Gasteiger partial charge on any atom is -0.469 e. The first-order valence-corrected chi connectivity index (χ1v) is 7.10. The van der Waals surface area contributed by atoms with Gasteiger partial charge in [-0.25, -0.2) is 4.98 Å². The van der Waals surface area contributed by atoms with E-state index in [4.69, 9.17) is 4.42 Å². The zero-order chi connectivity index (χ0) is 13.8. The minimum atomic E-state index is 0.214. The van der Waals surface area contributed by atoms with Gasteiger partial charge in [-0.2, -0.15) is 0 Å². The van der Waals surface area contributed by atoms with Crippen molar-refractivity contribution in [3.05, 3.63) is 42.9 Å². The highest BCUT2D eigenvalue weighted by atomic mass is 16.3. The van der Waals surface area contributed by atoms with Crippen LogP contribution in [0.15, 0.2) is 41.5 Å². The van der Waals surface area contributed by atoms with Gasteiger partial charge in [0.25, 0.3) is 0 Å². The summed E-state index contributed by atoms with van der Waals surface area (Å²) in [5.74, 6) is 1.09. The minimum absolute atomic E-state index is 0.214. The zero-order valence-electron chi connectivity index (χ0n) is 11.4. The monoisotopic (exact) mass is 273 g/mol. The van der Waals surface area contributed by atoms with Crippen molar-refractivity contribution in [2.75, 3.05) is 13.1 Å². The van der Waals surface area contributed by atoms with E-state index in [0.717, 1.165) is 31.7 Å². The van der Waals surface area contributed by atoms with E-state index in [-0.39, 0.29) is 5.91 Å². The maximum atomic E-state index is 12.3. The molecule has 0 N–H and O–H groups in total. The lowest BCUT2D eigenvalue weighted by atomic mass is 10.0. The summed E-state index contributed by atoms with van der Waals surface area (Å²) in [5, 5.41) is 0. The predicted molar refractivity (Wildman–Crippen MR) is 74.1 cm³/mol. The van der Waals surface area contributed by atoms with Gasteiger partial charge in [0.2, 0.25) is 5.91 Å². The number of carbonyl (C=O) groups is 1. The van der Waals surface area contributed by atoms with Crippen molar-refractivity contribution in [3.8, 4) is 0 Å². The molecule has 0 aromatic carbocycles. The van der Waals surface area contributed by atoms with Crippen LogP contribution in [-0.2, 0) is 11.2 Å². The molecule has 5 nitrogen and oxygen atoms in total. The molecule has 3 rings (SSSR count). The molecule has 106 valence electrons. The van der Waals surface area contributed by atoms with Gasteiger partial charge in [0.15, 0.2) is 0 Å². The third-order valence-electron chi connectivity index (χ3n) is 3.86. The quantitative estimate of drug-likeness (QED) is 0.858. The van der Waals surface area contributed by atoms with E-state index in [2.05, 4.69) is 9.55 Å². The maximum absolute atomic E-state index is 12.3. The number of hydrogen-bond donors (Lipinski definition) is 0. The van der Waals surface area contributed by atoms with Gasteiger partial charge in [0.1, 0.15) is 5.76 Å². The largest absolute Gasteiger partial charge is 0.469 e. The van der Waals surface area contributed by atoms with E-state index in [0.29, 0.717) is 18.9 Å². The Labute approximate surface area is 118 Å². The standard InChI is InChI=1S/C15H19N3O2/c19-15(6-5-14-4-2-10-20-14)17-8-1-3-13(11-17)18-9-7-16-12-18/h2,4,7,9-10,12-13H,1,3,5-6,8,11H2/t13-/m1/s1. The molecule has 2 aromatic rings. The normalized spacial score (nSPS) is 19.2. The number of aryl methyl sites for hydroxylation is 1. The van der Waals surface area contributed by atoms with E-state index < -0.39 is 0 Å². The van der Waals surface area contributed by atoms with Crippen LogP contribution in [0.2, 0.25) is 0 Å². The van der Waals surface area contributed by atoms with E-state index >= 15 is 0 Å². The first-order chi connectivity index (χ1) is 9.83. The highest BCUT2D eigenvalue weighted by molar-refractivity contribution is 5.76. The second-order valence-electron chi connectivity index (χ2n) is 5.23. The molecule has 3 heterocycles. The molecular formula is C15H19N3O2. The summed E-state index contributed by atoms with van der Waals surface area (Å²) < 4.78 is 7.37. The molecule has 0 radical (unpaired) electrons. The topological polar surface area (TPSA) is 51.3 Å². The van der Waals surface area contributed by atoms with Crippen LogP contribution in [0.3, 0.4) is 0 Å². The number of likely N-dealkylation sites (tertiary alicyclic amines) is 1. The number of piperidine rings is 1. The van der Waals surface area contributed by atoms with Gasteiger partial charge in [0.05, 0.1) is 18.6 Å². The third kappa shape index (κ3) is 2.92. The molecule has 0 unspecified atom stereocenters. The van der Waals surface area contributed by atoms with E-state index in [1.54, 1.807) is 12.5 Å². The molecule has 5 heteroatoms. The number of aromatic nitrogens is 2. The third-order valence-corrected chi connectivity index (χ3v) is 3.86. The first kappa shape index (κ1) is 13.0. The Balaban J connectivity index is 1.55. The Bertz CT molecular complexity index is 533. The first-order valence-electron chi connectivity index (χ1n) is 7.10. The number of rotatable bonds is 4. The second-order valence-corrected chi connectivity index (χ2v) is 5.23. The summed E-state index contributed by atoms with van der Waals surface area (Å²) in [6.45, 7) is 1.65. The molecule has 20 heavy (non-hydrogen) atoms. The molecule has 1 amide bonds. The summed E-state index contributed by atoms with van der Waals surface area (Å²) in [5.41, 5.74) is 0. The zero-order valence-corrected chi connectivity index (χ0v) is 11.4. The molecule has 2 aromatic heterocycles. The summed E-state index contributed by atoms with van der Waals surface area (Å²) in [7, 11) is 0. The number of furan rings is 1. The Kier molecular flexibility index (Phi) is 3.85. The van der Waals surface area contributed by atoms with Crippen LogP contribution < -0.4 is 0 Å². The van der Waals surface area contributed by atoms with Crippen molar-refractivity contribution in [2.45, 2.75) is 31.7 Å². The van der Waals surface area contributed by atoms with Crippen LogP contribution in [0.5, 0.6) is 0 Å². The van der Waals surface area contributed by atoms with Crippen molar-refractivity contribution in [3.63, 3.8) is 0 Å². The van der Waals surface area contributed by atoms with Gasteiger partial charge in [0, 0.05) is 38.3 Å². The molecule has 1 saturated heterocycles. The predicted octanol–water partition coefficient (Wildman–Crippen LogP) is 2.27. The molecule has 0 saturated carbocycles. The lowest BCUT2D eigenvalue weighted by Gasteiger charge is -2.33. The van der Waals surface area contributed by atoms with Crippen molar-refractivity contribution in [2.24, 2.45) is 0 Å². The number of imidazole rings is 1. The summed E-state index contributed by atoms with van der Waals surface area (Å²) >= 11 is 0. The summed E-state index contributed by atoms with van der Waals surface area (Å²) in [4.78, 5) is 18.3. The fourth-order valence-electron chi connectivity index (χ4n) is 2.75. The molecule has 1 aliphatic heterocycles. The molecule has 1 atom stereocenters. The molecule has 0 aliphatic carbocycles. The average molecular weight is 273 g/mol. The number of carbonyl (C=O) groups excluding carboxylic acids is 1. The second kappa shape index (κ2) is 5.94. The van der Waals surface area contributed by atoms with Gasteiger partial charge in [-0.05, 0) is 25.0 Å².